The van der Waals surface area contributed by atoms with Gasteiger partial charge in [0.25, 0.3) is 0 Å². The minimum absolute atomic E-state index is 0. The Morgan fingerprint density at radius 2 is 1.58 bits per heavy atom. The number of rotatable bonds is 8. The van der Waals surface area contributed by atoms with Gasteiger partial charge in [-0.3, -0.25) is 4.79 Å². The fourth-order valence-corrected chi connectivity index (χ4v) is 3.88. The van der Waals surface area contributed by atoms with Crippen LogP contribution in [0.5, 0.6) is 0 Å². The van der Waals surface area contributed by atoms with Gasteiger partial charge in [-0.25, -0.2) is 8.42 Å². The summed E-state index contributed by atoms with van der Waals surface area (Å²) in [5.74, 6) is -0.292. The molecule has 0 saturated carbocycles. The Morgan fingerprint density at radius 3 is 1.96 bits per heavy atom. The second-order valence-electron chi connectivity index (χ2n) is 7.54. The molecule has 26 heavy (non-hydrogen) atoms. The lowest BCUT2D eigenvalue weighted by Gasteiger charge is -2.28. The zero-order valence-electron chi connectivity index (χ0n) is 16.5. The predicted octanol–water partition coefficient (Wildman–Crippen LogP) is 3.06. The highest BCUT2D eigenvalue weighted by Crippen LogP contribution is 2.25. The van der Waals surface area contributed by atoms with E-state index in [1.165, 1.54) is 0 Å². The summed E-state index contributed by atoms with van der Waals surface area (Å²) in [7, 11) is -3.43. The normalized spacial score (nSPS) is 12.4. The van der Waals surface area contributed by atoms with Crippen LogP contribution >= 0.6 is 12.4 Å². The van der Waals surface area contributed by atoms with Crippen LogP contribution < -0.4 is 11.1 Å². The van der Waals surface area contributed by atoms with Crippen LogP contribution in [0.4, 0.5) is 0 Å². The molecule has 0 heterocycles. The highest BCUT2D eigenvalue weighted by atomic mass is 35.5. The van der Waals surface area contributed by atoms with Gasteiger partial charge in [0.05, 0.1) is 16.1 Å². The van der Waals surface area contributed by atoms with E-state index in [1.807, 2.05) is 26.0 Å². The number of carbonyl (C=O) groups is 1. The van der Waals surface area contributed by atoms with Crippen LogP contribution in [-0.4, -0.2) is 33.2 Å². The van der Waals surface area contributed by atoms with Gasteiger partial charge in [-0.15, -0.1) is 12.4 Å². The lowest BCUT2D eigenvalue weighted by Crippen LogP contribution is -2.46. The Kier molecular flexibility index (Phi) is 9.30. The molecule has 1 rings (SSSR count). The van der Waals surface area contributed by atoms with E-state index in [0.29, 0.717) is 12.8 Å². The van der Waals surface area contributed by atoms with Crippen LogP contribution in [0.1, 0.15) is 53.0 Å². The molecule has 3 N–H and O–H groups in total. The van der Waals surface area contributed by atoms with E-state index in [1.54, 1.807) is 12.1 Å². The van der Waals surface area contributed by atoms with Gasteiger partial charge in [0.1, 0.15) is 0 Å². The molecule has 0 aliphatic carbocycles. The maximum Gasteiger partial charge on any atom is 0.227 e. The van der Waals surface area contributed by atoms with Gasteiger partial charge in [-0.1, -0.05) is 46.8 Å². The smallest absolute Gasteiger partial charge is 0.227 e. The van der Waals surface area contributed by atoms with Crippen molar-refractivity contribution in [3.05, 3.63) is 29.8 Å². The second-order valence-corrected chi connectivity index (χ2v) is 9.65. The third-order valence-corrected chi connectivity index (χ3v) is 6.69. The third-order valence-electron chi connectivity index (χ3n) is 4.96. The first-order chi connectivity index (χ1) is 11.5. The van der Waals surface area contributed by atoms with Crippen molar-refractivity contribution in [1.82, 2.24) is 5.32 Å². The van der Waals surface area contributed by atoms with Crippen LogP contribution in [0.2, 0.25) is 0 Å². The Hall–Kier alpha value is -1.11. The third kappa shape index (κ3) is 5.96. The fraction of sp³-hybridized carbons (Fsp3) is 0.632. The lowest BCUT2D eigenvalue weighted by atomic mass is 9.81. The van der Waals surface area contributed by atoms with Crippen LogP contribution in [0.25, 0.3) is 0 Å². The average molecular weight is 405 g/mol. The van der Waals surface area contributed by atoms with E-state index in [9.17, 15) is 13.2 Å². The second kappa shape index (κ2) is 9.72. The molecule has 0 aliphatic rings. The highest BCUT2D eigenvalue weighted by molar-refractivity contribution is 7.91. The molecule has 0 atom stereocenters. The number of benzene rings is 1. The monoisotopic (exact) mass is 404 g/mol. The van der Waals surface area contributed by atoms with E-state index >= 15 is 0 Å². The van der Waals surface area contributed by atoms with Gasteiger partial charge in [0.15, 0.2) is 9.84 Å². The molecule has 0 fully saturated rings. The summed E-state index contributed by atoms with van der Waals surface area (Å²) >= 11 is 0. The quantitative estimate of drug-likeness (QED) is 0.696. The Bertz CT molecular complexity index is 667. The van der Waals surface area contributed by atoms with Gasteiger partial charge in [-0.2, -0.15) is 0 Å². The number of hydrogen-bond donors (Lipinski definition) is 2. The topological polar surface area (TPSA) is 89.3 Å². The number of hydrogen-bond acceptors (Lipinski definition) is 4. The van der Waals surface area contributed by atoms with Crippen molar-refractivity contribution in [3.8, 4) is 0 Å². The number of amides is 1. The molecular weight excluding hydrogens is 372 g/mol. The molecule has 1 amide bonds. The van der Waals surface area contributed by atoms with Crippen LogP contribution in [0.3, 0.4) is 0 Å². The van der Waals surface area contributed by atoms with E-state index in [0.717, 1.165) is 5.56 Å². The first kappa shape index (κ1) is 24.9. The van der Waals surface area contributed by atoms with Crippen LogP contribution in [0, 0.1) is 5.41 Å². The summed E-state index contributed by atoms with van der Waals surface area (Å²) in [6, 6.07) is 6.97. The van der Waals surface area contributed by atoms with Gasteiger partial charge in [-0.05, 0) is 36.0 Å². The number of nitrogens with two attached hydrogens (primary N) is 1. The van der Waals surface area contributed by atoms with Crippen molar-refractivity contribution in [2.45, 2.75) is 57.8 Å². The molecule has 0 radical (unpaired) electrons. The lowest BCUT2D eigenvalue weighted by molar-refractivity contribution is -0.130. The molecule has 0 aliphatic heterocycles. The number of halogens is 1. The summed E-state index contributed by atoms with van der Waals surface area (Å²) in [6.07, 6.45) is 1.26. The average Bonchev–Trinajstić information content (AvgIpc) is 2.56. The molecule has 150 valence electrons. The maximum absolute atomic E-state index is 12.5. The van der Waals surface area contributed by atoms with E-state index in [4.69, 9.17) is 5.73 Å². The van der Waals surface area contributed by atoms with Crippen LogP contribution in [-0.2, 0) is 20.0 Å². The first-order valence-electron chi connectivity index (χ1n) is 8.84. The van der Waals surface area contributed by atoms with Crippen molar-refractivity contribution in [3.63, 3.8) is 0 Å². The van der Waals surface area contributed by atoms with Gasteiger partial charge in [0, 0.05) is 13.1 Å². The molecule has 0 bridgehead atoms. The van der Waals surface area contributed by atoms with Crippen molar-refractivity contribution in [2.24, 2.45) is 11.1 Å². The number of sulfone groups is 1. The molecule has 0 spiro atoms. The highest BCUT2D eigenvalue weighted by Gasteiger charge is 2.33. The van der Waals surface area contributed by atoms with Crippen LogP contribution in [0.15, 0.2) is 29.2 Å². The molecule has 1 aromatic rings. The van der Waals surface area contributed by atoms with Gasteiger partial charge >= 0.3 is 0 Å². The zero-order valence-corrected chi connectivity index (χ0v) is 18.1. The Balaban J connectivity index is 0.00000625. The molecule has 0 unspecified atom stereocenters. The van der Waals surface area contributed by atoms with Gasteiger partial charge in [0.2, 0.25) is 5.91 Å². The maximum atomic E-state index is 12.5. The molecule has 7 heteroatoms. The van der Waals surface area contributed by atoms with Crippen molar-refractivity contribution in [1.29, 1.82) is 0 Å². The standard InChI is InChI=1S/C19H32N2O3S.ClH/c1-6-19(7-2,14-20)17(22)21-12-13-25(23,24)16-10-8-15(9-11-16)18(3,4)5;/h8-11H,6-7,12-14,20H2,1-5H3,(H,21,22);1H. The van der Waals surface area contributed by atoms with E-state index in [-0.39, 0.29) is 47.5 Å². The largest absolute Gasteiger partial charge is 0.355 e. The molecule has 0 aromatic heterocycles. The SMILES string of the molecule is CCC(CC)(CN)C(=O)NCCS(=O)(=O)c1ccc(C(C)(C)C)cc1.Cl. The van der Waals surface area contributed by atoms with Crippen molar-refractivity contribution in [2.75, 3.05) is 18.8 Å². The molecular formula is C19H33ClN2O3S. The molecule has 0 saturated heterocycles. The fourth-order valence-electron chi connectivity index (χ4n) is 2.72. The van der Waals surface area contributed by atoms with Gasteiger partial charge < -0.3 is 11.1 Å². The van der Waals surface area contributed by atoms with Crippen molar-refractivity contribution < 1.29 is 13.2 Å². The summed E-state index contributed by atoms with van der Waals surface area (Å²) in [4.78, 5) is 12.6. The summed E-state index contributed by atoms with van der Waals surface area (Å²) in [6.45, 7) is 10.4. The van der Waals surface area contributed by atoms with E-state index < -0.39 is 15.3 Å². The Labute approximate surface area is 164 Å². The minimum Gasteiger partial charge on any atom is -0.355 e. The first-order valence-corrected chi connectivity index (χ1v) is 10.5. The predicted molar refractivity (Wildman–Crippen MR) is 110 cm³/mol. The van der Waals surface area contributed by atoms with Crippen molar-refractivity contribution >= 4 is 28.2 Å². The Morgan fingerprint density at radius 1 is 1.08 bits per heavy atom. The molecule has 5 nitrogen and oxygen atoms in total. The minimum atomic E-state index is -3.43. The summed E-state index contributed by atoms with van der Waals surface area (Å²) < 4.78 is 24.9. The summed E-state index contributed by atoms with van der Waals surface area (Å²) in [5, 5.41) is 2.74. The summed E-state index contributed by atoms with van der Waals surface area (Å²) in [5.41, 5.74) is 6.19. The molecule has 1 aromatic carbocycles. The zero-order chi connectivity index (χ0) is 19.3. The number of nitrogens with one attached hydrogen (secondary N) is 1. The number of carbonyl (C=O) groups excluding carboxylic acids is 1. The van der Waals surface area contributed by atoms with E-state index in [2.05, 4.69) is 26.1 Å².